The van der Waals surface area contributed by atoms with Crippen molar-refractivity contribution < 1.29 is 64.6 Å². The fraction of sp³-hybridized carbons (Fsp3) is 0.952. The second-order valence-electron chi connectivity index (χ2n) is 23.2. The van der Waals surface area contributed by atoms with E-state index in [2.05, 4.69) is 31.3 Å². The van der Waals surface area contributed by atoms with Crippen molar-refractivity contribution in [2.75, 3.05) is 19.8 Å². The zero-order chi connectivity index (χ0) is 56.0. The quantitative estimate of drug-likeness (QED) is 0.0204. The summed E-state index contributed by atoms with van der Waals surface area (Å²) in [6.45, 7) is 2.90. The molecule has 12 atom stereocenters. The second kappa shape index (κ2) is 49.3. The molecule has 0 aromatic heterocycles. The predicted octanol–water partition coefficient (Wildman–Crippen LogP) is 11.8. The van der Waals surface area contributed by atoms with Crippen LogP contribution in [0.15, 0.2) is 12.2 Å². The van der Waals surface area contributed by atoms with Crippen molar-refractivity contribution >= 4 is 5.91 Å². The summed E-state index contributed by atoms with van der Waals surface area (Å²) in [7, 11) is 0. The van der Waals surface area contributed by atoms with Crippen LogP contribution in [0, 0.1) is 0 Å². The molecule has 0 aromatic rings. The van der Waals surface area contributed by atoms with Crippen LogP contribution in [0.4, 0.5) is 0 Å². The van der Waals surface area contributed by atoms with Crippen molar-refractivity contribution in [3.63, 3.8) is 0 Å². The number of allylic oxidation sites excluding steroid dienone is 2. The molecule has 0 radical (unpaired) electrons. The van der Waals surface area contributed by atoms with Crippen molar-refractivity contribution in [1.29, 1.82) is 0 Å². The number of aliphatic hydroxyl groups is 8. The van der Waals surface area contributed by atoms with Gasteiger partial charge in [0.2, 0.25) is 5.91 Å². The highest BCUT2D eigenvalue weighted by molar-refractivity contribution is 5.76. The van der Waals surface area contributed by atoms with Gasteiger partial charge in [-0.3, -0.25) is 4.79 Å². The smallest absolute Gasteiger partial charge is 0.220 e. The van der Waals surface area contributed by atoms with Crippen LogP contribution in [-0.4, -0.2) is 140 Å². The molecule has 14 heteroatoms. The Morgan fingerprint density at radius 3 is 1.23 bits per heavy atom. The first kappa shape index (κ1) is 71.8. The molecule has 1 amide bonds. The molecule has 2 aliphatic rings. The van der Waals surface area contributed by atoms with Crippen molar-refractivity contribution in [3.05, 3.63) is 12.2 Å². The minimum Gasteiger partial charge on any atom is -0.394 e. The zero-order valence-electron chi connectivity index (χ0n) is 49.2. The first-order valence-electron chi connectivity index (χ1n) is 32.4. The summed E-state index contributed by atoms with van der Waals surface area (Å²) < 4.78 is 22.9. The number of carbonyl (C=O) groups is 1. The molecule has 2 saturated heterocycles. The molecule has 2 fully saturated rings. The molecule has 2 rings (SSSR count). The summed E-state index contributed by atoms with van der Waals surface area (Å²) in [4.78, 5) is 13.3. The molecule has 0 saturated carbocycles. The van der Waals surface area contributed by atoms with Gasteiger partial charge < -0.3 is 65.1 Å². The average molecular weight is 1100 g/mol. The van der Waals surface area contributed by atoms with Gasteiger partial charge in [-0.15, -0.1) is 0 Å². The van der Waals surface area contributed by atoms with E-state index in [0.29, 0.717) is 12.8 Å². The monoisotopic (exact) mass is 1100 g/mol. The van der Waals surface area contributed by atoms with Crippen molar-refractivity contribution in [2.24, 2.45) is 0 Å². The van der Waals surface area contributed by atoms with E-state index in [4.69, 9.17) is 18.9 Å². The lowest BCUT2D eigenvalue weighted by Gasteiger charge is -2.46. The van der Waals surface area contributed by atoms with Gasteiger partial charge in [-0.25, -0.2) is 0 Å². The Bertz CT molecular complexity index is 1340. The van der Waals surface area contributed by atoms with Gasteiger partial charge in [0, 0.05) is 6.42 Å². The van der Waals surface area contributed by atoms with E-state index in [1.807, 2.05) is 0 Å². The molecule has 77 heavy (non-hydrogen) atoms. The lowest BCUT2D eigenvalue weighted by Crippen LogP contribution is -2.65. The van der Waals surface area contributed by atoms with Crippen LogP contribution < -0.4 is 5.32 Å². The molecule has 2 aliphatic heterocycles. The molecule has 0 aliphatic carbocycles. The molecule has 456 valence electrons. The maximum Gasteiger partial charge on any atom is 0.220 e. The SMILES string of the molecule is CCCCCCCCC/C=C\CCCCCCCCCC(=O)NC(COC1OC(CO)C(OC2OC(CO)C(O)C(O)C2O)C(O)C1O)C(O)CCCCCCCCCCCCCCCCCCCCCCCCCCC. The number of hydrogen-bond acceptors (Lipinski definition) is 13. The van der Waals surface area contributed by atoms with Crippen LogP contribution in [0.2, 0.25) is 0 Å². The Morgan fingerprint density at radius 1 is 0.455 bits per heavy atom. The molecule has 0 bridgehead atoms. The molecule has 2 heterocycles. The van der Waals surface area contributed by atoms with Gasteiger partial charge >= 0.3 is 0 Å². The number of rotatable bonds is 53. The van der Waals surface area contributed by atoms with Crippen LogP contribution in [0.1, 0.15) is 290 Å². The van der Waals surface area contributed by atoms with Gasteiger partial charge in [0.1, 0.15) is 48.8 Å². The second-order valence-corrected chi connectivity index (χ2v) is 23.2. The van der Waals surface area contributed by atoms with E-state index in [1.165, 1.54) is 205 Å². The Balaban J connectivity index is 1.71. The number of aliphatic hydroxyl groups excluding tert-OH is 8. The lowest BCUT2D eigenvalue weighted by atomic mass is 9.97. The minimum absolute atomic E-state index is 0.206. The Morgan fingerprint density at radius 2 is 0.818 bits per heavy atom. The molecule has 0 aromatic carbocycles. The summed E-state index contributed by atoms with van der Waals surface area (Å²) in [5.74, 6) is -0.206. The molecule has 0 spiro atoms. The van der Waals surface area contributed by atoms with E-state index >= 15 is 0 Å². The van der Waals surface area contributed by atoms with Crippen molar-refractivity contribution in [2.45, 2.75) is 364 Å². The topological polar surface area (TPSA) is 228 Å². The highest BCUT2D eigenvalue weighted by atomic mass is 16.7. The van der Waals surface area contributed by atoms with Crippen molar-refractivity contribution in [3.8, 4) is 0 Å². The Kier molecular flexibility index (Phi) is 46.0. The number of ether oxygens (including phenoxy) is 4. The van der Waals surface area contributed by atoms with Crippen LogP contribution in [0.3, 0.4) is 0 Å². The lowest BCUT2D eigenvalue weighted by molar-refractivity contribution is -0.359. The van der Waals surface area contributed by atoms with Gasteiger partial charge in [0.05, 0.1) is 32.0 Å². The van der Waals surface area contributed by atoms with Gasteiger partial charge in [-0.1, -0.05) is 257 Å². The molecular formula is C63H121NO13. The standard InChI is InChI=1S/C63H121NO13/c1-3-5-7-9-11-13-15-17-19-21-23-24-25-26-27-28-29-30-32-34-36-38-40-42-44-46-52(67)51(64-55(68)47-45-43-41-39-37-35-33-31-22-20-18-16-14-12-10-8-6-4-2)50-74-62-60(73)58(71)61(54(49-66)76-62)77-63-59(72)57(70)56(69)53(48-65)75-63/h20,22,51-54,56-63,65-67,69-73H,3-19,21,23-50H2,1-2H3,(H,64,68)/b22-20-. The van der Waals surface area contributed by atoms with E-state index in [1.54, 1.807) is 0 Å². The van der Waals surface area contributed by atoms with Crippen LogP contribution in [0.25, 0.3) is 0 Å². The van der Waals surface area contributed by atoms with E-state index in [9.17, 15) is 45.6 Å². The average Bonchev–Trinajstić information content (AvgIpc) is 3.44. The predicted molar refractivity (Wildman–Crippen MR) is 309 cm³/mol. The maximum atomic E-state index is 13.3. The summed E-state index contributed by atoms with van der Waals surface area (Å²) in [6, 6.07) is -0.829. The zero-order valence-corrected chi connectivity index (χ0v) is 49.2. The first-order chi connectivity index (χ1) is 37.6. The third-order valence-corrected chi connectivity index (χ3v) is 16.2. The van der Waals surface area contributed by atoms with Crippen molar-refractivity contribution in [1.82, 2.24) is 5.32 Å². The number of amides is 1. The van der Waals surface area contributed by atoms with Gasteiger partial charge in [0.15, 0.2) is 12.6 Å². The van der Waals surface area contributed by atoms with Crippen LogP contribution >= 0.6 is 0 Å². The molecule has 14 nitrogen and oxygen atoms in total. The number of carbonyl (C=O) groups excluding carboxylic acids is 1. The largest absolute Gasteiger partial charge is 0.394 e. The third kappa shape index (κ3) is 34.7. The molecule has 12 unspecified atom stereocenters. The fourth-order valence-corrected chi connectivity index (χ4v) is 11.0. The minimum atomic E-state index is -1.78. The number of unbranched alkanes of at least 4 members (excludes halogenated alkanes) is 38. The Labute approximate surface area is 469 Å². The molecule has 9 N–H and O–H groups in total. The summed E-state index contributed by atoms with van der Waals surface area (Å²) in [6.07, 6.45) is 40.7. The van der Waals surface area contributed by atoms with Gasteiger partial charge in [-0.05, 0) is 38.5 Å². The maximum absolute atomic E-state index is 13.3. The first-order valence-corrected chi connectivity index (χ1v) is 32.4. The Hall–Kier alpha value is -1.27. The van der Waals surface area contributed by atoms with Gasteiger partial charge in [-0.2, -0.15) is 0 Å². The summed E-state index contributed by atoms with van der Waals surface area (Å²) >= 11 is 0. The molecular weight excluding hydrogens is 979 g/mol. The number of nitrogens with one attached hydrogen (secondary N) is 1. The number of hydrogen-bond donors (Lipinski definition) is 9. The third-order valence-electron chi connectivity index (χ3n) is 16.2. The van der Waals surface area contributed by atoms with E-state index < -0.39 is 86.8 Å². The van der Waals surface area contributed by atoms with E-state index in [-0.39, 0.29) is 12.5 Å². The van der Waals surface area contributed by atoms with Gasteiger partial charge in [0.25, 0.3) is 0 Å². The summed E-state index contributed by atoms with van der Waals surface area (Å²) in [5.41, 5.74) is 0. The normalized spacial score (nSPS) is 24.7. The highest BCUT2D eigenvalue weighted by Crippen LogP contribution is 2.30. The van der Waals surface area contributed by atoms with E-state index in [0.717, 1.165) is 57.8 Å². The fourth-order valence-electron chi connectivity index (χ4n) is 11.0. The van der Waals surface area contributed by atoms with Crippen LogP contribution in [0.5, 0.6) is 0 Å². The highest BCUT2D eigenvalue weighted by Gasteiger charge is 2.51. The summed E-state index contributed by atoms with van der Waals surface area (Å²) in [5, 5.41) is 87.4. The van der Waals surface area contributed by atoms with Crippen LogP contribution in [-0.2, 0) is 23.7 Å².